The van der Waals surface area contributed by atoms with E-state index in [1.54, 1.807) is 25.1 Å². The van der Waals surface area contributed by atoms with E-state index in [1.807, 2.05) is 0 Å². The Morgan fingerprint density at radius 2 is 1.74 bits per heavy atom. The van der Waals surface area contributed by atoms with E-state index in [-0.39, 0.29) is 23.9 Å². The van der Waals surface area contributed by atoms with Crippen molar-refractivity contribution in [2.45, 2.75) is 109 Å². The quantitative estimate of drug-likeness (QED) is 0.186. The third kappa shape index (κ3) is 10.7. The zero-order chi connectivity index (χ0) is 24.8. The molecule has 1 aromatic rings. The van der Waals surface area contributed by atoms with Crippen LogP contribution in [0.15, 0.2) is 24.3 Å². The number of phenols is 1. The van der Waals surface area contributed by atoms with Crippen LogP contribution >= 0.6 is 0 Å². The average molecular weight is 474 g/mol. The molecular formula is C28H43NO5. The number of carbonyl (C=O) groups excluding carboxylic acids is 2. The molecule has 6 nitrogen and oxygen atoms in total. The maximum Gasteiger partial charge on any atom is 0.331 e. The lowest BCUT2D eigenvalue weighted by Crippen LogP contribution is -2.50. The molecule has 1 saturated heterocycles. The average Bonchev–Trinajstić information content (AvgIpc) is 2.81. The Bertz CT molecular complexity index is 791. The Balaban J connectivity index is 1.58. The highest BCUT2D eigenvalue weighted by Crippen LogP contribution is 2.27. The number of Topliss-reactive ketones (excluding diaryl/α,β-unsaturated/α-hetero) is 1. The number of methoxy groups -OCH3 is 1. The van der Waals surface area contributed by atoms with Gasteiger partial charge in [-0.2, -0.15) is 0 Å². The van der Waals surface area contributed by atoms with Gasteiger partial charge in [-0.25, -0.2) is 4.79 Å². The smallest absolute Gasteiger partial charge is 0.331 e. The molecule has 0 unspecified atom stereocenters. The number of piperidine rings is 1. The predicted molar refractivity (Wildman–Crippen MR) is 136 cm³/mol. The standard InChI is InChI=1S/C28H43NO5/c1-21(30)12-10-8-6-4-5-7-9-11-13-24-16-18-26(22(2)29-24)34-28(32)19-15-23-14-17-25(31)27(20-23)33-3/h14-15,17,19-20,22,24,26,29,31H,4-13,16,18H2,1-3H3/b19-15+/t22-,24+,26-/m1/s1. The minimum Gasteiger partial charge on any atom is -0.504 e. The van der Waals surface area contributed by atoms with Gasteiger partial charge < -0.3 is 24.7 Å². The van der Waals surface area contributed by atoms with Crippen LogP contribution in [0.2, 0.25) is 0 Å². The van der Waals surface area contributed by atoms with Crippen molar-refractivity contribution < 1.29 is 24.2 Å². The summed E-state index contributed by atoms with van der Waals surface area (Å²) in [5.74, 6) is 0.383. The van der Waals surface area contributed by atoms with Gasteiger partial charge in [-0.05, 0) is 63.3 Å². The number of esters is 1. The van der Waals surface area contributed by atoms with Crippen LogP contribution in [0.25, 0.3) is 6.08 Å². The number of nitrogens with one attached hydrogen (secondary N) is 1. The first-order valence-corrected chi connectivity index (χ1v) is 12.9. The number of carbonyl (C=O) groups is 2. The second-order valence-corrected chi connectivity index (χ2v) is 9.54. The van der Waals surface area contributed by atoms with Gasteiger partial charge in [0.2, 0.25) is 0 Å². The molecule has 1 fully saturated rings. The lowest BCUT2D eigenvalue weighted by Gasteiger charge is -2.35. The van der Waals surface area contributed by atoms with Crippen LogP contribution in [-0.2, 0) is 14.3 Å². The molecule has 1 heterocycles. The van der Waals surface area contributed by atoms with Crippen LogP contribution < -0.4 is 10.1 Å². The zero-order valence-electron chi connectivity index (χ0n) is 21.2. The third-order valence-electron chi connectivity index (χ3n) is 6.57. The van der Waals surface area contributed by atoms with Gasteiger partial charge in [0.05, 0.1) is 7.11 Å². The molecular weight excluding hydrogens is 430 g/mol. The van der Waals surface area contributed by atoms with E-state index in [9.17, 15) is 14.7 Å². The number of unbranched alkanes of at least 4 members (excludes halogenated alkanes) is 7. The Labute approximate surface area is 205 Å². The molecule has 2 rings (SSSR count). The van der Waals surface area contributed by atoms with E-state index >= 15 is 0 Å². The summed E-state index contributed by atoms with van der Waals surface area (Å²) in [4.78, 5) is 23.2. The van der Waals surface area contributed by atoms with E-state index in [0.717, 1.165) is 31.2 Å². The SMILES string of the molecule is COc1cc(/C=C/C(=O)O[C@@H]2CC[C@H](CCCCCCCCCCC(C)=O)N[C@@H]2C)ccc1O. The van der Waals surface area contributed by atoms with Gasteiger partial charge in [0.15, 0.2) is 11.5 Å². The molecule has 0 radical (unpaired) electrons. The Kier molecular flexibility index (Phi) is 12.8. The summed E-state index contributed by atoms with van der Waals surface area (Å²) < 4.78 is 10.8. The fourth-order valence-corrected chi connectivity index (χ4v) is 4.54. The molecule has 0 bridgehead atoms. The molecule has 0 aliphatic carbocycles. The van der Waals surface area contributed by atoms with Crippen molar-refractivity contribution in [2.75, 3.05) is 7.11 Å². The van der Waals surface area contributed by atoms with E-state index < -0.39 is 0 Å². The second-order valence-electron chi connectivity index (χ2n) is 9.54. The second kappa shape index (κ2) is 15.5. The number of phenolic OH excluding ortho intramolecular Hbond substituents is 1. The zero-order valence-corrected chi connectivity index (χ0v) is 21.2. The molecule has 190 valence electrons. The lowest BCUT2D eigenvalue weighted by molar-refractivity contribution is -0.145. The lowest BCUT2D eigenvalue weighted by atomic mass is 9.93. The fraction of sp³-hybridized carbons (Fsp3) is 0.643. The normalized spacial score (nSPS) is 20.4. The highest BCUT2D eigenvalue weighted by atomic mass is 16.5. The number of hydrogen-bond acceptors (Lipinski definition) is 6. The molecule has 2 N–H and O–H groups in total. The van der Waals surface area contributed by atoms with Crippen molar-refractivity contribution >= 4 is 17.8 Å². The maximum absolute atomic E-state index is 12.3. The Morgan fingerprint density at radius 3 is 2.38 bits per heavy atom. The fourth-order valence-electron chi connectivity index (χ4n) is 4.54. The topological polar surface area (TPSA) is 84.9 Å². The van der Waals surface area contributed by atoms with Crippen LogP contribution in [0.5, 0.6) is 11.5 Å². The van der Waals surface area contributed by atoms with Crippen LogP contribution in [0.4, 0.5) is 0 Å². The number of aromatic hydroxyl groups is 1. The number of hydrogen-bond donors (Lipinski definition) is 2. The van der Waals surface area contributed by atoms with E-state index in [4.69, 9.17) is 9.47 Å². The molecule has 3 atom stereocenters. The monoisotopic (exact) mass is 473 g/mol. The number of rotatable bonds is 15. The first kappa shape index (κ1) is 27.9. The molecule has 34 heavy (non-hydrogen) atoms. The van der Waals surface area contributed by atoms with E-state index in [0.29, 0.717) is 17.6 Å². The molecule has 0 amide bonds. The van der Waals surface area contributed by atoms with Crippen molar-refractivity contribution in [3.8, 4) is 11.5 Å². The number of ketones is 1. The van der Waals surface area contributed by atoms with Gasteiger partial charge in [0.1, 0.15) is 11.9 Å². The van der Waals surface area contributed by atoms with Crippen molar-refractivity contribution in [1.29, 1.82) is 0 Å². The molecule has 6 heteroatoms. The summed E-state index contributed by atoms with van der Waals surface area (Å²) in [5, 5.41) is 13.3. The van der Waals surface area contributed by atoms with Gasteiger partial charge in [-0.3, -0.25) is 0 Å². The van der Waals surface area contributed by atoms with Crippen molar-refractivity contribution in [1.82, 2.24) is 5.32 Å². The van der Waals surface area contributed by atoms with E-state index in [1.165, 1.54) is 70.6 Å². The van der Waals surface area contributed by atoms with Gasteiger partial charge in [0.25, 0.3) is 0 Å². The molecule has 0 saturated carbocycles. The minimum absolute atomic E-state index is 0.0661. The highest BCUT2D eigenvalue weighted by Gasteiger charge is 2.28. The van der Waals surface area contributed by atoms with Crippen LogP contribution in [-0.4, -0.2) is 42.2 Å². The molecule has 1 aliphatic rings. The molecule has 0 spiro atoms. The first-order valence-electron chi connectivity index (χ1n) is 12.9. The third-order valence-corrected chi connectivity index (χ3v) is 6.57. The van der Waals surface area contributed by atoms with Gasteiger partial charge in [-0.1, -0.05) is 51.0 Å². The summed E-state index contributed by atoms with van der Waals surface area (Å²) in [6.07, 6.45) is 16.6. The van der Waals surface area contributed by atoms with Gasteiger partial charge in [0, 0.05) is 24.6 Å². The highest BCUT2D eigenvalue weighted by molar-refractivity contribution is 5.87. The summed E-state index contributed by atoms with van der Waals surface area (Å²) in [7, 11) is 1.49. The van der Waals surface area contributed by atoms with Crippen molar-refractivity contribution in [3.05, 3.63) is 29.8 Å². The minimum atomic E-state index is -0.356. The van der Waals surface area contributed by atoms with Crippen molar-refractivity contribution in [3.63, 3.8) is 0 Å². The summed E-state index contributed by atoms with van der Waals surface area (Å²) in [5.41, 5.74) is 0.759. The van der Waals surface area contributed by atoms with Crippen molar-refractivity contribution in [2.24, 2.45) is 0 Å². The largest absolute Gasteiger partial charge is 0.504 e. The van der Waals surface area contributed by atoms with Crippen LogP contribution in [0.1, 0.15) is 96.5 Å². The number of ether oxygens (including phenoxy) is 2. The van der Waals surface area contributed by atoms with Crippen LogP contribution in [0, 0.1) is 0 Å². The van der Waals surface area contributed by atoms with E-state index in [2.05, 4.69) is 12.2 Å². The Morgan fingerprint density at radius 1 is 1.06 bits per heavy atom. The molecule has 1 aliphatic heterocycles. The molecule has 0 aromatic heterocycles. The first-order chi connectivity index (χ1) is 16.4. The maximum atomic E-state index is 12.3. The predicted octanol–water partition coefficient (Wildman–Crippen LogP) is 5.96. The summed E-state index contributed by atoms with van der Waals surface area (Å²) in [6, 6.07) is 5.56. The van der Waals surface area contributed by atoms with Gasteiger partial charge in [-0.15, -0.1) is 0 Å². The Hall–Kier alpha value is -2.34. The number of benzene rings is 1. The summed E-state index contributed by atoms with van der Waals surface area (Å²) in [6.45, 7) is 3.76. The summed E-state index contributed by atoms with van der Waals surface area (Å²) >= 11 is 0. The van der Waals surface area contributed by atoms with Crippen LogP contribution in [0.3, 0.4) is 0 Å². The molecule has 1 aromatic carbocycles. The van der Waals surface area contributed by atoms with Gasteiger partial charge >= 0.3 is 5.97 Å².